The SMILES string of the molecule is CCc1ccc2c(c1)CC(C1CCCCC1)CN2. The second-order valence-electron chi connectivity index (χ2n) is 6.09. The van der Waals surface area contributed by atoms with Gasteiger partial charge in [-0.1, -0.05) is 51.2 Å². The van der Waals surface area contributed by atoms with Crippen molar-refractivity contribution in [2.45, 2.75) is 51.9 Å². The summed E-state index contributed by atoms with van der Waals surface area (Å²) >= 11 is 0. The average Bonchev–Trinajstić information content (AvgIpc) is 2.47. The number of rotatable bonds is 2. The van der Waals surface area contributed by atoms with Crippen molar-refractivity contribution in [1.82, 2.24) is 0 Å². The van der Waals surface area contributed by atoms with Gasteiger partial charge in [-0.2, -0.15) is 0 Å². The molecule has 1 atom stereocenters. The Kier molecular flexibility index (Phi) is 3.58. The molecule has 0 spiro atoms. The molecule has 1 heteroatoms. The lowest BCUT2D eigenvalue weighted by Gasteiger charge is -2.34. The minimum atomic E-state index is 0.880. The third kappa shape index (κ3) is 2.41. The molecule has 2 aliphatic rings. The molecule has 1 nitrogen and oxygen atoms in total. The number of benzene rings is 1. The molecule has 1 unspecified atom stereocenters. The Balaban J connectivity index is 1.74. The van der Waals surface area contributed by atoms with E-state index in [1.807, 2.05) is 0 Å². The van der Waals surface area contributed by atoms with Crippen LogP contribution in [0.3, 0.4) is 0 Å². The summed E-state index contributed by atoms with van der Waals surface area (Å²) in [5, 5.41) is 3.66. The van der Waals surface area contributed by atoms with E-state index in [1.165, 1.54) is 56.3 Å². The molecular formula is C17H25N. The van der Waals surface area contributed by atoms with Gasteiger partial charge in [0.2, 0.25) is 0 Å². The number of hydrogen-bond donors (Lipinski definition) is 1. The normalized spacial score (nSPS) is 24.4. The van der Waals surface area contributed by atoms with Crippen molar-refractivity contribution in [3.63, 3.8) is 0 Å². The maximum absolute atomic E-state index is 3.66. The van der Waals surface area contributed by atoms with Crippen LogP contribution in [0.2, 0.25) is 0 Å². The highest BCUT2D eigenvalue weighted by molar-refractivity contribution is 5.54. The van der Waals surface area contributed by atoms with Gasteiger partial charge >= 0.3 is 0 Å². The van der Waals surface area contributed by atoms with E-state index in [0.29, 0.717) is 0 Å². The van der Waals surface area contributed by atoms with E-state index < -0.39 is 0 Å². The number of anilines is 1. The fourth-order valence-corrected chi connectivity index (χ4v) is 3.74. The molecular weight excluding hydrogens is 218 g/mol. The Morgan fingerprint density at radius 1 is 1.11 bits per heavy atom. The number of nitrogens with one attached hydrogen (secondary N) is 1. The molecule has 1 aromatic rings. The summed E-state index contributed by atoms with van der Waals surface area (Å²) in [5.74, 6) is 1.86. The number of hydrogen-bond acceptors (Lipinski definition) is 1. The van der Waals surface area contributed by atoms with Gasteiger partial charge in [-0.15, -0.1) is 0 Å². The van der Waals surface area contributed by atoms with Crippen molar-refractivity contribution in [1.29, 1.82) is 0 Å². The first-order chi connectivity index (χ1) is 8.86. The zero-order chi connectivity index (χ0) is 12.4. The van der Waals surface area contributed by atoms with Gasteiger partial charge in [0.1, 0.15) is 0 Å². The molecule has 1 N–H and O–H groups in total. The first-order valence-corrected chi connectivity index (χ1v) is 7.72. The first kappa shape index (κ1) is 12.1. The van der Waals surface area contributed by atoms with Gasteiger partial charge in [-0.05, 0) is 41.9 Å². The lowest BCUT2D eigenvalue weighted by atomic mass is 9.76. The third-order valence-electron chi connectivity index (χ3n) is 4.93. The second-order valence-corrected chi connectivity index (χ2v) is 6.09. The Morgan fingerprint density at radius 3 is 2.72 bits per heavy atom. The minimum absolute atomic E-state index is 0.880. The zero-order valence-corrected chi connectivity index (χ0v) is 11.5. The molecule has 0 saturated heterocycles. The lowest BCUT2D eigenvalue weighted by Crippen LogP contribution is -2.30. The molecule has 0 radical (unpaired) electrons. The van der Waals surface area contributed by atoms with Gasteiger partial charge in [0.15, 0.2) is 0 Å². The topological polar surface area (TPSA) is 12.0 Å². The van der Waals surface area contributed by atoms with Crippen molar-refractivity contribution in [3.8, 4) is 0 Å². The maximum atomic E-state index is 3.66. The van der Waals surface area contributed by atoms with E-state index in [1.54, 1.807) is 5.56 Å². The molecule has 1 heterocycles. The molecule has 0 aromatic heterocycles. The fourth-order valence-electron chi connectivity index (χ4n) is 3.74. The molecule has 98 valence electrons. The molecule has 1 saturated carbocycles. The van der Waals surface area contributed by atoms with E-state index in [-0.39, 0.29) is 0 Å². The van der Waals surface area contributed by atoms with Crippen molar-refractivity contribution in [2.24, 2.45) is 11.8 Å². The first-order valence-electron chi connectivity index (χ1n) is 7.72. The van der Waals surface area contributed by atoms with Gasteiger partial charge in [-0.25, -0.2) is 0 Å². The van der Waals surface area contributed by atoms with Crippen LogP contribution in [0.4, 0.5) is 5.69 Å². The van der Waals surface area contributed by atoms with Gasteiger partial charge in [0, 0.05) is 12.2 Å². The van der Waals surface area contributed by atoms with Crippen LogP contribution >= 0.6 is 0 Å². The average molecular weight is 243 g/mol. The van der Waals surface area contributed by atoms with Crippen LogP contribution in [0, 0.1) is 11.8 Å². The zero-order valence-electron chi connectivity index (χ0n) is 11.5. The fraction of sp³-hybridized carbons (Fsp3) is 0.647. The standard InChI is InChI=1S/C17H25N/c1-2-13-8-9-17-15(10-13)11-16(12-18-17)14-6-4-3-5-7-14/h8-10,14,16,18H,2-7,11-12H2,1H3. The summed E-state index contributed by atoms with van der Waals surface area (Å²) in [6.07, 6.45) is 9.78. The summed E-state index contributed by atoms with van der Waals surface area (Å²) in [7, 11) is 0. The van der Waals surface area contributed by atoms with Crippen molar-refractivity contribution < 1.29 is 0 Å². The molecule has 1 fully saturated rings. The summed E-state index contributed by atoms with van der Waals surface area (Å²) in [6, 6.07) is 6.98. The summed E-state index contributed by atoms with van der Waals surface area (Å²) in [6.45, 7) is 3.44. The third-order valence-corrected chi connectivity index (χ3v) is 4.93. The summed E-state index contributed by atoms with van der Waals surface area (Å²) < 4.78 is 0. The number of aryl methyl sites for hydroxylation is 1. The van der Waals surface area contributed by atoms with Gasteiger partial charge < -0.3 is 5.32 Å². The molecule has 0 bridgehead atoms. The van der Waals surface area contributed by atoms with Crippen LogP contribution in [0.25, 0.3) is 0 Å². The molecule has 0 amide bonds. The molecule has 3 rings (SSSR count). The smallest absolute Gasteiger partial charge is 0.0373 e. The van der Waals surface area contributed by atoms with Crippen LogP contribution < -0.4 is 5.32 Å². The maximum Gasteiger partial charge on any atom is 0.0373 e. The number of fused-ring (bicyclic) bond motifs is 1. The van der Waals surface area contributed by atoms with E-state index >= 15 is 0 Å². The lowest BCUT2D eigenvalue weighted by molar-refractivity contribution is 0.252. The van der Waals surface area contributed by atoms with E-state index in [9.17, 15) is 0 Å². The van der Waals surface area contributed by atoms with Crippen LogP contribution in [-0.4, -0.2) is 6.54 Å². The Morgan fingerprint density at radius 2 is 1.94 bits per heavy atom. The Bertz CT molecular complexity index is 404. The van der Waals surface area contributed by atoms with Crippen molar-refractivity contribution >= 4 is 5.69 Å². The second kappa shape index (κ2) is 5.34. The minimum Gasteiger partial charge on any atom is -0.385 e. The van der Waals surface area contributed by atoms with Crippen LogP contribution in [-0.2, 0) is 12.8 Å². The predicted molar refractivity (Wildman–Crippen MR) is 78.1 cm³/mol. The van der Waals surface area contributed by atoms with E-state index in [0.717, 1.165) is 18.3 Å². The quantitative estimate of drug-likeness (QED) is 0.811. The Labute approximate surface area is 111 Å². The van der Waals surface area contributed by atoms with Crippen molar-refractivity contribution in [3.05, 3.63) is 29.3 Å². The van der Waals surface area contributed by atoms with Gasteiger partial charge in [-0.3, -0.25) is 0 Å². The van der Waals surface area contributed by atoms with Gasteiger partial charge in [0.25, 0.3) is 0 Å². The highest BCUT2D eigenvalue weighted by Gasteiger charge is 2.27. The van der Waals surface area contributed by atoms with Crippen LogP contribution in [0.15, 0.2) is 18.2 Å². The molecule has 1 aromatic carbocycles. The van der Waals surface area contributed by atoms with Crippen LogP contribution in [0.5, 0.6) is 0 Å². The highest BCUT2D eigenvalue weighted by atomic mass is 14.9. The molecule has 18 heavy (non-hydrogen) atoms. The summed E-state index contributed by atoms with van der Waals surface area (Å²) in [4.78, 5) is 0. The summed E-state index contributed by atoms with van der Waals surface area (Å²) in [5.41, 5.74) is 4.44. The Hall–Kier alpha value is -0.980. The molecule has 1 aliphatic heterocycles. The van der Waals surface area contributed by atoms with Crippen LogP contribution in [0.1, 0.15) is 50.2 Å². The van der Waals surface area contributed by atoms with E-state index in [2.05, 4.69) is 30.4 Å². The predicted octanol–water partition coefficient (Wildman–Crippen LogP) is 4.41. The monoisotopic (exact) mass is 243 g/mol. The highest BCUT2D eigenvalue weighted by Crippen LogP contribution is 2.36. The van der Waals surface area contributed by atoms with Gasteiger partial charge in [0.05, 0.1) is 0 Å². The van der Waals surface area contributed by atoms with E-state index in [4.69, 9.17) is 0 Å². The molecule has 1 aliphatic carbocycles. The van der Waals surface area contributed by atoms with Crippen molar-refractivity contribution in [2.75, 3.05) is 11.9 Å². The largest absolute Gasteiger partial charge is 0.385 e.